The minimum absolute atomic E-state index is 0.113. The molecular formula is C17H18N2O4S. The molecule has 0 spiro atoms. The Balaban J connectivity index is 1.96. The van der Waals surface area contributed by atoms with E-state index >= 15 is 0 Å². The number of hydrogen-bond acceptors (Lipinski definition) is 6. The minimum Gasteiger partial charge on any atom is -0.494 e. The van der Waals surface area contributed by atoms with Gasteiger partial charge >= 0.3 is 5.97 Å². The molecule has 0 unspecified atom stereocenters. The number of fused-ring (bicyclic) bond motifs is 1. The SMILES string of the molecule is CCOc1ccc(Cc2c(OC(C)=O)nc3n(c2=O)CCS3)cc1. The molecule has 1 aromatic carbocycles. The predicted octanol–water partition coefficient (Wildman–Crippen LogP) is 2.26. The van der Waals surface area contributed by atoms with Crippen molar-refractivity contribution in [2.45, 2.75) is 32.0 Å². The number of carbonyl (C=O) groups is 1. The molecule has 6 nitrogen and oxygen atoms in total. The van der Waals surface area contributed by atoms with E-state index in [1.165, 1.54) is 18.7 Å². The Labute approximate surface area is 143 Å². The lowest BCUT2D eigenvalue weighted by Gasteiger charge is -2.11. The fraction of sp³-hybridized carbons (Fsp3) is 0.353. The molecule has 7 heteroatoms. The zero-order valence-corrected chi connectivity index (χ0v) is 14.4. The van der Waals surface area contributed by atoms with Crippen LogP contribution in [0.3, 0.4) is 0 Å². The molecule has 0 radical (unpaired) electrons. The van der Waals surface area contributed by atoms with E-state index in [9.17, 15) is 9.59 Å². The second kappa shape index (κ2) is 7.09. The topological polar surface area (TPSA) is 70.4 Å². The van der Waals surface area contributed by atoms with E-state index < -0.39 is 5.97 Å². The molecule has 0 atom stereocenters. The Kier molecular flexibility index (Phi) is 4.89. The maximum atomic E-state index is 12.7. The third kappa shape index (κ3) is 3.46. The van der Waals surface area contributed by atoms with Crippen molar-refractivity contribution in [1.29, 1.82) is 0 Å². The summed E-state index contributed by atoms with van der Waals surface area (Å²) in [4.78, 5) is 28.4. The van der Waals surface area contributed by atoms with Crippen LogP contribution in [0.25, 0.3) is 0 Å². The molecule has 3 rings (SSSR count). The standard InChI is InChI=1S/C17H18N2O4S/c1-3-22-13-6-4-12(5-7-13)10-14-15(23-11(2)20)18-17-19(16(14)21)8-9-24-17/h4-7H,3,8-10H2,1-2H3. The van der Waals surface area contributed by atoms with Crippen LogP contribution in [0.2, 0.25) is 0 Å². The van der Waals surface area contributed by atoms with Gasteiger partial charge in [-0.2, -0.15) is 4.98 Å². The van der Waals surface area contributed by atoms with Gasteiger partial charge in [0.2, 0.25) is 5.88 Å². The van der Waals surface area contributed by atoms with Gasteiger partial charge in [-0.3, -0.25) is 14.2 Å². The molecule has 0 saturated carbocycles. The maximum absolute atomic E-state index is 12.7. The van der Waals surface area contributed by atoms with E-state index in [4.69, 9.17) is 9.47 Å². The van der Waals surface area contributed by atoms with Gasteiger partial charge in [-0.25, -0.2) is 0 Å². The highest BCUT2D eigenvalue weighted by Gasteiger charge is 2.22. The highest BCUT2D eigenvalue weighted by atomic mass is 32.2. The Bertz CT molecular complexity index is 815. The first-order valence-electron chi connectivity index (χ1n) is 7.75. The summed E-state index contributed by atoms with van der Waals surface area (Å²) in [6.45, 7) is 4.46. The first kappa shape index (κ1) is 16.6. The number of rotatable bonds is 5. The summed E-state index contributed by atoms with van der Waals surface area (Å²) in [5, 5.41) is 0.603. The van der Waals surface area contributed by atoms with Crippen LogP contribution in [-0.2, 0) is 17.8 Å². The minimum atomic E-state index is -0.484. The third-order valence-corrected chi connectivity index (χ3v) is 4.55. The Morgan fingerprint density at radius 3 is 2.75 bits per heavy atom. The van der Waals surface area contributed by atoms with Gasteiger partial charge in [0.1, 0.15) is 5.75 Å². The average Bonchev–Trinajstić information content (AvgIpc) is 3.01. The molecule has 0 amide bonds. The largest absolute Gasteiger partial charge is 0.494 e. The van der Waals surface area contributed by atoms with Gasteiger partial charge < -0.3 is 9.47 Å². The van der Waals surface area contributed by atoms with Crippen LogP contribution in [0.4, 0.5) is 0 Å². The molecule has 0 fully saturated rings. The molecule has 0 N–H and O–H groups in total. The van der Waals surface area contributed by atoms with Crippen LogP contribution in [0.5, 0.6) is 11.6 Å². The first-order chi connectivity index (χ1) is 11.6. The van der Waals surface area contributed by atoms with Gasteiger partial charge in [-0.15, -0.1) is 0 Å². The van der Waals surface area contributed by atoms with Crippen molar-refractivity contribution in [1.82, 2.24) is 9.55 Å². The lowest BCUT2D eigenvalue weighted by molar-refractivity contribution is -0.132. The molecule has 2 aromatic rings. The molecule has 0 bridgehead atoms. The molecule has 24 heavy (non-hydrogen) atoms. The molecule has 1 aliphatic rings. The number of ether oxygens (including phenoxy) is 2. The number of nitrogens with zero attached hydrogens (tertiary/aromatic N) is 2. The van der Waals surface area contributed by atoms with E-state index in [0.717, 1.165) is 17.1 Å². The van der Waals surface area contributed by atoms with E-state index in [-0.39, 0.29) is 11.4 Å². The van der Waals surface area contributed by atoms with Crippen LogP contribution in [0.15, 0.2) is 34.2 Å². The predicted molar refractivity (Wildman–Crippen MR) is 90.9 cm³/mol. The van der Waals surface area contributed by atoms with Crippen LogP contribution in [-0.4, -0.2) is 27.9 Å². The summed E-state index contributed by atoms with van der Waals surface area (Å²) in [5.41, 5.74) is 1.19. The molecule has 126 valence electrons. The van der Waals surface area contributed by atoms with Crippen molar-refractivity contribution < 1.29 is 14.3 Å². The molecule has 1 aliphatic heterocycles. The second-order valence-corrected chi connectivity index (χ2v) is 6.39. The van der Waals surface area contributed by atoms with Crippen LogP contribution < -0.4 is 15.0 Å². The van der Waals surface area contributed by atoms with Crippen molar-refractivity contribution in [3.63, 3.8) is 0 Å². The smallest absolute Gasteiger partial charge is 0.309 e. The third-order valence-electron chi connectivity index (χ3n) is 3.59. The van der Waals surface area contributed by atoms with Gasteiger partial charge in [-0.1, -0.05) is 23.9 Å². The number of thioether (sulfide) groups is 1. The molecular weight excluding hydrogens is 328 g/mol. The number of hydrogen-bond donors (Lipinski definition) is 0. The van der Waals surface area contributed by atoms with Crippen LogP contribution in [0, 0.1) is 0 Å². The summed E-state index contributed by atoms with van der Waals surface area (Å²) in [5.74, 6) is 1.21. The zero-order valence-electron chi connectivity index (χ0n) is 13.6. The quantitative estimate of drug-likeness (QED) is 0.611. The van der Waals surface area contributed by atoms with E-state index in [0.29, 0.717) is 30.3 Å². The molecule has 0 aliphatic carbocycles. The first-order valence-corrected chi connectivity index (χ1v) is 8.73. The van der Waals surface area contributed by atoms with Crippen molar-refractivity contribution in [2.75, 3.05) is 12.4 Å². The summed E-state index contributed by atoms with van der Waals surface area (Å²) in [6.07, 6.45) is 0.353. The number of esters is 1. The molecule has 2 heterocycles. The van der Waals surface area contributed by atoms with Crippen molar-refractivity contribution >= 4 is 17.7 Å². The van der Waals surface area contributed by atoms with E-state index in [1.54, 1.807) is 4.57 Å². The monoisotopic (exact) mass is 346 g/mol. The van der Waals surface area contributed by atoms with Crippen LogP contribution in [0.1, 0.15) is 25.0 Å². The van der Waals surface area contributed by atoms with Crippen molar-refractivity contribution in [3.8, 4) is 11.6 Å². The van der Waals surface area contributed by atoms with Gasteiger partial charge in [0, 0.05) is 25.6 Å². The normalized spacial score (nSPS) is 12.8. The van der Waals surface area contributed by atoms with Crippen LogP contribution >= 0.6 is 11.8 Å². The fourth-order valence-corrected chi connectivity index (χ4v) is 3.47. The summed E-state index contributed by atoms with van der Waals surface area (Å²) >= 11 is 1.49. The Hall–Kier alpha value is -2.28. The Morgan fingerprint density at radius 2 is 2.08 bits per heavy atom. The van der Waals surface area contributed by atoms with Gasteiger partial charge in [-0.05, 0) is 24.6 Å². The number of carbonyl (C=O) groups excluding carboxylic acids is 1. The second-order valence-electron chi connectivity index (χ2n) is 5.33. The lowest BCUT2D eigenvalue weighted by Crippen LogP contribution is -2.26. The van der Waals surface area contributed by atoms with E-state index in [1.807, 2.05) is 31.2 Å². The lowest BCUT2D eigenvalue weighted by atomic mass is 10.1. The highest BCUT2D eigenvalue weighted by Crippen LogP contribution is 2.26. The Morgan fingerprint density at radius 1 is 1.33 bits per heavy atom. The maximum Gasteiger partial charge on any atom is 0.309 e. The summed E-state index contributed by atoms with van der Waals surface area (Å²) in [7, 11) is 0. The van der Waals surface area contributed by atoms with Crippen molar-refractivity contribution in [3.05, 3.63) is 45.7 Å². The molecule has 1 aromatic heterocycles. The fourth-order valence-electron chi connectivity index (χ4n) is 2.54. The highest BCUT2D eigenvalue weighted by molar-refractivity contribution is 7.99. The number of benzene rings is 1. The molecule has 0 saturated heterocycles. The van der Waals surface area contributed by atoms with Gasteiger partial charge in [0.15, 0.2) is 5.16 Å². The van der Waals surface area contributed by atoms with Gasteiger partial charge in [0.05, 0.1) is 12.2 Å². The zero-order chi connectivity index (χ0) is 17.1. The summed E-state index contributed by atoms with van der Waals surface area (Å²) < 4.78 is 12.2. The van der Waals surface area contributed by atoms with E-state index in [2.05, 4.69) is 4.98 Å². The number of aromatic nitrogens is 2. The van der Waals surface area contributed by atoms with Gasteiger partial charge in [0.25, 0.3) is 5.56 Å². The average molecular weight is 346 g/mol. The van der Waals surface area contributed by atoms with Crippen molar-refractivity contribution in [2.24, 2.45) is 0 Å². The summed E-state index contributed by atoms with van der Waals surface area (Å²) in [6, 6.07) is 7.51.